The summed E-state index contributed by atoms with van der Waals surface area (Å²) in [6.45, 7) is 4.15. The molecule has 1 aliphatic rings. The number of rotatable bonds is 9. The molecule has 0 heterocycles. The van der Waals surface area contributed by atoms with Crippen LogP contribution in [-0.4, -0.2) is 44.0 Å². The Morgan fingerprint density at radius 2 is 1.75 bits per heavy atom. The zero-order valence-electron chi connectivity index (χ0n) is 18.7. The summed E-state index contributed by atoms with van der Waals surface area (Å²) in [5, 5.41) is 3.99. The van der Waals surface area contributed by atoms with Gasteiger partial charge in [-0.2, -0.15) is 9.41 Å². The van der Waals surface area contributed by atoms with Crippen molar-refractivity contribution in [2.75, 3.05) is 13.2 Å². The van der Waals surface area contributed by atoms with E-state index in [1.807, 2.05) is 38.1 Å². The minimum atomic E-state index is -3.79. The first kappa shape index (κ1) is 23.9. The largest absolute Gasteiger partial charge is 0.494 e. The molecule has 1 fully saturated rings. The van der Waals surface area contributed by atoms with E-state index in [0.717, 1.165) is 49.0 Å². The van der Waals surface area contributed by atoms with E-state index < -0.39 is 15.9 Å². The van der Waals surface area contributed by atoms with Crippen molar-refractivity contribution < 1.29 is 17.9 Å². The molecule has 1 aliphatic carbocycles. The lowest BCUT2D eigenvalue weighted by Gasteiger charge is -2.32. The number of benzene rings is 2. The fraction of sp³-hybridized carbons (Fsp3) is 0.417. The van der Waals surface area contributed by atoms with Crippen molar-refractivity contribution >= 4 is 22.1 Å². The quantitative estimate of drug-likeness (QED) is 0.457. The van der Waals surface area contributed by atoms with Crippen LogP contribution >= 0.6 is 0 Å². The van der Waals surface area contributed by atoms with Crippen molar-refractivity contribution in [3.63, 3.8) is 0 Å². The van der Waals surface area contributed by atoms with Gasteiger partial charge < -0.3 is 4.74 Å². The molecule has 2 aromatic rings. The van der Waals surface area contributed by atoms with Crippen LogP contribution in [-0.2, 0) is 14.8 Å². The van der Waals surface area contributed by atoms with E-state index in [1.165, 1.54) is 10.5 Å². The second kappa shape index (κ2) is 11.2. The first-order valence-electron chi connectivity index (χ1n) is 11.0. The van der Waals surface area contributed by atoms with E-state index in [4.69, 9.17) is 4.74 Å². The molecule has 3 rings (SSSR count). The fourth-order valence-electron chi connectivity index (χ4n) is 3.80. The third kappa shape index (κ3) is 6.40. The van der Waals surface area contributed by atoms with Crippen LogP contribution < -0.4 is 10.2 Å². The summed E-state index contributed by atoms with van der Waals surface area (Å²) in [5.74, 6) is 0.298. The Labute approximate surface area is 190 Å². The van der Waals surface area contributed by atoms with Crippen LogP contribution in [0, 0.1) is 6.92 Å². The van der Waals surface area contributed by atoms with Crippen molar-refractivity contribution in [3.05, 3.63) is 59.7 Å². The van der Waals surface area contributed by atoms with Crippen LogP contribution in [0.1, 0.15) is 50.2 Å². The van der Waals surface area contributed by atoms with Gasteiger partial charge in [0.15, 0.2) is 0 Å². The Morgan fingerprint density at radius 1 is 1.09 bits per heavy atom. The lowest BCUT2D eigenvalue weighted by atomic mass is 9.95. The molecule has 1 saturated carbocycles. The number of nitrogens with zero attached hydrogens (tertiary/aromatic N) is 2. The molecule has 32 heavy (non-hydrogen) atoms. The van der Waals surface area contributed by atoms with Crippen molar-refractivity contribution in [3.8, 4) is 5.75 Å². The fourth-order valence-corrected chi connectivity index (χ4v) is 5.44. The van der Waals surface area contributed by atoms with E-state index in [1.54, 1.807) is 24.3 Å². The van der Waals surface area contributed by atoms with Gasteiger partial charge in [-0.05, 0) is 68.7 Å². The summed E-state index contributed by atoms with van der Waals surface area (Å²) in [5.41, 5.74) is 4.24. The van der Waals surface area contributed by atoms with Gasteiger partial charge in [-0.15, -0.1) is 0 Å². The van der Waals surface area contributed by atoms with E-state index in [0.29, 0.717) is 6.61 Å². The molecule has 0 atom stereocenters. The van der Waals surface area contributed by atoms with Gasteiger partial charge in [0, 0.05) is 6.04 Å². The second-order valence-corrected chi connectivity index (χ2v) is 9.84. The molecular weight excluding hydrogens is 426 g/mol. The highest BCUT2D eigenvalue weighted by Crippen LogP contribution is 2.27. The Hall–Kier alpha value is -2.71. The second-order valence-electron chi connectivity index (χ2n) is 7.95. The Balaban J connectivity index is 1.70. The average Bonchev–Trinajstić information content (AvgIpc) is 2.79. The van der Waals surface area contributed by atoms with E-state index in [2.05, 4.69) is 10.5 Å². The number of carbonyl (C=O) groups excluding carboxylic acids is 1. The Morgan fingerprint density at radius 3 is 2.38 bits per heavy atom. The highest BCUT2D eigenvalue weighted by atomic mass is 32.2. The third-order valence-corrected chi connectivity index (χ3v) is 7.42. The van der Waals surface area contributed by atoms with Gasteiger partial charge in [0.2, 0.25) is 10.0 Å². The lowest BCUT2D eigenvalue weighted by Crippen LogP contribution is -2.46. The molecule has 0 unspecified atom stereocenters. The molecule has 0 saturated heterocycles. The number of hydrogen-bond donors (Lipinski definition) is 1. The molecule has 1 amide bonds. The number of carbonyl (C=O) groups is 1. The predicted molar refractivity (Wildman–Crippen MR) is 125 cm³/mol. The van der Waals surface area contributed by atoms with Crippen LogP contribution in [0.25, 0.3) is 0 Å². The molecule has 8 heteroatoms. The third-order valence-electron chi connectivity index (χ3n) is 5.50. The van der Waals surface area contributed by atoms with Gasteiger partial charge in [0.05, 0.1) is 24.3 Å². The van der Waals surface area contributed by atoms with Crippen LogP contribution in [0.5, 0.6) is 5.75 Å². The first-order chi connectivity index (χ1) is 15.4. The van der Waals surface area contributed by atoms with Crippen LogP contribution in [0.15, 0.2) is 58.5 Å². The maximum Gasteiger partial charge on any atom is 0.255 e. The number of hydrazone groups is 1. The lowest BCUT2D eigenvalue weighted by molar-refractivity contribution is -0.121. The van der Waals surface area contributed by atoms with E-state index >= 15 is 0 Å². The van der Waals surface area contributed by atoms with Gasteiger partial charge in [-0.3, -0.25) is 4.79 Å². The monoisotopic (exact) mass is 457 g/mol. The van der Waals surface area contributed by atoms with Crippen molar-refractivity contribution in [2.45, 2.75) is 56.9 Å². The van der Waals surface area contributed by atoms with E-state index in [-0.39, 0.29) is 17.5 Å². The first-order valence-corrected chi connectivity index (χ1v) is 12.5. The molecule has 0 radical (unpaired) electrons. The van der Waals surface area contributed by atoms with Gasteiger partial charge in [-0.1, -0.05) is 37.0 Å². The predicted octanol–water partition coefficient (Wildman–Crippen LogP) is 3.87. The summed E-state index contributed by atoms with van der Waals surface area (Å²) >= 11 is 0. The Kier molecular flexibility index (Phi) is 8.41. The summed E-state index contributed by atoms with van der Waals surface area (Å²) in [4.78, 5) is 12.8. The van der Waals surface area contributed by atoms with Crippen molar-refractivity contribution in [1.29, 1.82) is 0 Å². The minimum Gasteiger partial charge on any atom is -0.494 e. The standard InChI is InChI=1S/C24H31N3O4S/c1-3-31-22-13-11-20(12-14-22)17-25-26-24(28)18-27(21-7-5-4-6-8-21)32(29,30)23-15-9-19(2)10-16-23/h9-17,21H,3-8,18H2,1-2H3,(H,26,28). The zero-order chi connectivity index (χ0) is 23.0. The number of nitrogens with one attached hydrogen (secondary N) is 1. The molecular formula is C24H31N3O4S. The SMILES string of the molecule is CCOc1ccc(C=NNC(=O)CN(C2CCCCC2)S(=O)(=O)c2ccc(C)cc2)cc1. The molecule has 1 N–H and O–H groups in total. The smallest absolute Gasteiger partial charge is 0.255 e. The highest BCUT2D eigenvalue weighted by Gasteiger charge is 2.33. The summed E-state index contributed by atoms with van der Waals surface area (Å²) in [7, 11) is -3.79. The maximum atomic E-state index is 13.4. The van der Waals surface area contributed by atoms with E-state index in [9.17, 15) is 13.2 Å². The average molecular weight is 458 g/mol. The molecule has 7 nitrogen and oxygen atoms in total. The van der Waals surface area contributed by atoms with Crippen molar-refractivity contribution in [1.82, 2.24) is 9.73 Å². The van der Waals surface area contributed by atoms with Crippen LogP contribution in [0.4, 0.5) is 0 Å². The number of ether oxygens (including phenoxy) is 1. The Bertz CT molecular complexity index is 1010. The maximum absolute atomic E-state index is 13.4. The molecule has 2 aromatic carbocycles. The molecule has 0 bridgehead atoms. The summed E-state index contributed by atoms with van der Waals surface area (Å²) < 4.78 is 33.5. The number of hydrogen-bond acceptors (Lipinski definition) is 5. The van der Waals surface area contributed by atoms with Gasteiger partial charge >= 0.3 is 0 Å². The van der Waals surface area contributed by atoms with Gasteiger partial charge in [-0.25, -0.2) is 13.8 Å². The molecule has 0 aromatic heterocycles. The highest BCUT2D eigenvalue weighted by molar-refractivity contribution is 7.89. The zero-order valence-corrected chi connectivity index (χ0v) is 19.5. The number of aryl methyl sites for hydroxylation is 1. The van der Waals surface area contributed by atoms with Crippen LogP contribution in [0.2, 0.25) is 0 Å². The minimum absolute atomic E-state index is 0.184. The number of amides is 1. The normalized spacial score (nSPS) is 15.2. The molecule has 172 valence electrons. The summed E-state index contributed by atoms with van der Waals surface area (Å²) in [6, 6.07) is 13.9. The number of sulfonamides is 1. The topological polar surface area (TPSA) is 88.1 Å². The molecule has 0 spiro atoms. The molecule has 0 aliphatic heterocycles. The van der Waals surface area contributed by atoms with Gasteiger partial charge in [0.25, 0.3) is 5.91 Å². The summed E-state index contributed by atoms with van der Waals surface area (Å²) in [6.07, 6.45) is 6.05. The van der Waals surface area contributed by atoms with Gasteiger partial charge in [0.1, 0.15) is 5.75 Å². The van der Waals surface area contributed by atoms with Crippen LogP contribution in [0.3, 0.4) is 0 Å². The van der Waals surface area contributed by atoms with Crippen molar-refractivity contribution in [2.24, 2.45) is 5.10 Å².